The predicted octanol–water partition coefficient (Wildman–Crippen LogP) is 5.52. The van der Waals surface area contributed by atoms with Crippen LogP contribution in [0.1, 0.15) is 49.8 Å². The number of rotatable bonds is 7. The van der Waals surface area contributed by atoms with E-state index in [1.54, 1.807) is 24.0 Å². The fraction of sp³-hybridized carbons (Fsp3) is 0.241. The molecule has 3 heterocycles. The number of nitrogens with one attached hydrogen (secondary N) is 1. The van der Waals surface area contributed by atoms with E-state index in [0.717, 1.165) is 16.9 Å². The quantitative estimate of drug-likeness (QED) is 0.305. The minimum atomic E-state index is -0.627. The van der Waals surface area contributed by atoms with Crippen LogP contribution in [-0.2, 0) is 4.74 Å². The van der Waals surface area contributed by atoms with Gasteiger partial charge in [-0.2, -0.15) is 0 Å². The average Bonchev–Trinajstić information content (AvgIpc) is 3.56. The average molecular weight is 546 g/mol. The highest BCUT2D eigenvalue weighted by Crippen LogP contribution is 2.38. The topological polar surface area (TPSA) is 107 Å². The maximum Gasteiger partial charge on any atom is 0.341 e. The number of amides is 2. The first-order chi connectivity index (χ1) is 18.9. The molecule has 0 unspecified atom stereocenters. The Morgan fingerprint density at radius 2 is 1.79 bits per heavy atom. The van der Waals surface area contributed by atoms with Crippen molar-refractivity contribution in [2.24, 2.45) is 0 Å². The van der Waals surface area contributed by atoms with E-state index in [2.05, 4.69) is 5.32 Å². The molecule has 39 heavy (non-hydrogen) atoms. The number of benzene rings is 2. The number of ether oxygens (including phenoxy) is 3. The van der Waals surface area contributed by atoms with E-state index >= 15 is 0 Å². The fourth-order valence-corrected chi connectivity index (χ4v) is 5.70. The normalized spacial score (nSPS) is 11.9. The number of thiophene rings is 1. The summed E-state index contributed by atoms with van der Waals surface area (Å²) >= 11 is 1.07. The number of anilines is 1. The molecule has 0 bridgehead atoms. The highest BCUT2D eigenvalue weighted by molar-refractivity contribution is 7.18. The highest BCUT2D eigenvalue weighted by Gasteiger charge is 2.29. The van der Waals surface area contributed by atoms with Crippen LogP contribution in [0.2, 0.25) is 0 Å². The third kappa shape index (κ3) is 4.79. The zero-order valence-electron chi connectivity index (χ0n) is 22.0. The molecule has 4 aromatic rings. The predicted molar refractivity (Wildman–Crippen MR) is 149 cm³/mol. The van der Waals surface area contributed by atoms with Gasteiger partial charge in [0, 0.05) is 24.0 Å². The molecule has 1 aliphatic rings. The molecule has 5 rings (SSSR count). The Balaban J connectivity index is 1.57. The molecule has 0 saturated heterocycles. The number of nitrogens with zero attached hydrogens (tertiary/aromatic N) is 2. The number of pyridine rings is 1. The van der Waals surface area contributed by atoms with Crippen molar-refractivity contribution in [2.75, 3.05) is 32.3 Å². The SMILES string of the molecule is CCN(CC)C(=O)c1sc(NC(=O)c2cc(-c3ccc4c(c3)OCO4)nc3ccccc23)c(C(=O)OC)c1C. The van der Waals surface area contributed by atoms with Gasteiger partial charge in [-0.1, -0.05) is 18.2 Å². The summed E-state index contributed by atoms with van der Waals surface area (Å²) in [5.41, 5.74) is 2.97. The molecular formula is C29H27N3O6S. The Bertz CT molecular complexity index is 1610. The Labute approximate surface area is 229 Å². The Hall–Kier alpha value is -4.44. The largest absolute Gasteiger partial charge is 0.465 e. The van der Waals surface area contributed by atoms with Crippen molar-refractivity contribution in [1.82, 2.24) is 9.88 Å². The Morgan fingerprint density at radius 3 is 2.54 bits per heavy atom. The van der Waals surface area contributed by atoms with Gasteiger partial charge in [-0.3, -0.25) is 9.59 Å². The zero-order chi connectivity index (χ0) is 27.7. The van der Waals surface area contributed by atoms with Gasteiger partial charge >= 0.3 is 5.97 Å². The first-order valence-corrected chi connectivity index (χ1v) is 13.3. The van der Waals surface area contributed by atoms with Gasteiger partial charge in [-0.05, 0) is 56.7 Å². The fourth-order valence-electron chi connectivity index (χ4n) is 4.55. The molecule has 0 saturated carbocycles. The van der Waals surface area contributed by atoms with E-state index in [0.29, 0.717) is 57.2 Å². The number of hydrogen-bond donors (Lipinski definition) is 1. The molecular weight excluding hydrogens is 518 g/mol. The second kappa shape index (κ2) is 10.7. The summed E-state index contributed by atoms with van der Waals surface area (Å²) in [6, 6.07) is 14.5. The molecule has 200 valence electrons. The van der Waals surface area contributed by atoms with Crippen molar-refractivity contribution in [3.63, 3.8) is 0 Å². The summed E-state index contributed by atoms with van der Waals surface area (Å²) in [5.74, 6) is -0.0127. The van der Waals surface area contributed by atoms with Gasteiger partial charge in [0.15, 0.2) is 11.5 Å². The van der Waals surface area contributed by atoms with Crippen molar-refractivity contribution in [3.05, 3.63) is 70.1 Å². The molecule has 2 aromatic heterocycles. The Kier molecular flexibility index (Phi) is 7.21. The summed E-state index contributed by atoms with van der Waals surface area (Å²) < 4.78 is 15.9. The summed E-state index contributed by atoms with van der Waals surface area (Å²) in [5, 5.41) is 3.78. The van der Waals surface area contributed by atoms with Crippen molar-refractivity contribution in [2.45, 2.75) is 20.8 Å². The number of aromatic nitrogens is 1. The van der Waals surface area contributed by atoms with Crippen LogP contribution in [0.4, 0.5) is 5.00 Å². The third-order valence-corrected chi connectivity index (χ3v) is 7.83. The lowest BCUT2D eigenvalue weighted by Gasteiger charge is -2.17. The van der Waals surface area contributed by atoms with Gasteiger partial charge in [0.2, 0.25) is 6.79 Å². The number of methoxy groups -OCH3 is 1. The van der Waals surface area contributed by atoms with E-state index in [1.165, 1.54) is 7.11 Å². The van der Waals surface area contributed by atoms with Gasteiger partial charge in [-0.15, -0.1) is 11.3 Å². The first-order valence-electron chi connectivity index (χ1n) is 12.5. The lowest BCUT2D eigenvalue weighted by Crippen LogP contribution is -2.30. The van der Waals surface area contributed by atoms with Gasteiger partial charge in [0.1, 0.15) is 5.00 Å². The van der Waals surface area contributed by atoms with Crippen molar-refractivity contribution in [3.8, 4) is 22.8 Å². The maximum absolute atomic E-state index is 13.8. The van der Waals surface area contributed by atoms with Crippen LogP contribution in [0.25, 0.3) is 22.2 Å². The number of hydrogen-bond acceptors (Lipinski definition) is 8. The molecule has 0 fully saturated rings. The second-order valence-corrected chi connectivity index (χ2v) is 9.84. The summed E-state index contributed by atoms with van der Waals surface area (Å²) in [7, 11) is 1.27. The lowest BCUT2D eigenvalue weighted by atomic mass is 10.0. The van der Waals surface area contributed by atoms with Gasteiger partial charge < -0.3 is 24.4 Å². The van der Waals surface area contributed by atoms with E-state index in [-0.39, 0.29) is 23.3 Å². The molecule has 0 atom stereocenters. The van der Waals surface area contributed by atoms with Crippen LogP contribution >= 0.6 is 11.3 Å². The van der Waals surface area contributed by atoms with Crippen molar-refractivity contribution in [1.29, 1.82) is 0 Å². The first kappa shape index (κ1) is 26.2. The lowest BCUT2D eigenvalue weighted by molar-refractivity contribution is 0.0601. The second-order valence-electron chi connectivity index (χ2n) is 8.82. The highest BCUT2D eigenvalue weighted by atomic mass is 32.1. The van der Waals surface area contributed by atoms with Crippen LogP contribution in [0, 0.1) is 6.92 Å². The molecule has 0 radical (unpaired) electrons. The van der Waals surface area contributed by atoms with E-state index in [4.69, 9.17) is 19.2 Å². The minimum absolute atomic E-state index is 0.152. The van der Waals surface area contributed by atoms with Gasteiger partial charge in [0.25, 0.3) is 11.8 Å². The smallest absolute Gasteiger partial charge is 0.341 e. The van der Waals surface area contributed by atoms with Crippen LogP contribution in [-0.4, -0.2) is 54.7 Å². The molecule has 0 aliphatic carbocycles. The van der Waals surface area contributed by atoms with E-state index < -0.39 is 11.9 Å². The molecule has 0 spiro atoms. The van der Waals surface area contributed by atoms with Crippen molar-refractivity contribution >= 4 is 45.0 Å². The van der Waals surface area contributed by atoms with Gasteiger partial charge in [-0.25, -0.2) is 9.78 Å². The van der Waals surface area contributed by atoms with Crippen LogP contribution in [0.5, 0.6) is 11.5 Å². The van der Waals surface area contributed by atoms with Crippen LogP contribution in [0.3, 0.4) is 0 Å². The van der Waals surface area contributed by atoms with E-state index in [9.17, 15) is 14.4 Å². The molecule has 1 N–H and O–H groups in total. The monoisotopic (exact) mass is 545 g/mol. The number of para-hydroxylation sites is 1. The summed E-state index contributed by atoms with van der Waals surface area (Å²) in [4.78, 5) is 46.5. The van der Waals surface area contributed by atoms with E-state index in [1.807, 2.05) is 50.2 Å². The number of fused-ring (bicyclic) bond motifs is 2. The molecule has 1 aliphatic heterocycles. The van der Waals surface area contributed by atoms with Gasteiger partial charge in [0.05, 0.1) is 34.3 Å². The standard InChI is InChI=1S/C29H27N3O6S/c1-5-32(6-2)28(34)25-16(3)24(29(35)36-4)27(39-25)31-26(33)19-14-21(30-20-10-8-7-9-18(19)20)17-11-12-22-23(13-17)38-15-37-22/h7-14H,5-6,15H2,1-4H3,(H,31,33). The number of carbonyl (C=O) groups is 3. The van der Waals surface area contributed by atoms with Crippen LogP contribution < -0.4 is 14.8 Å². The van der Waals surface area contributed by atoms with Crippen molar-refractivity contribution < 1.29 is 28.6 Å². The number of carbonyl (C=O) groups excluding carboxylic acids is 3. The van der Waals surface area contributed by atoms with Crippen LogP contribution in [0.15, 0.2) is 48.5 Å². The maximum atomic E-state index is 13.8. The molecule has 9 nitrogen and oxygen atoms in total. The zero-order valence-corrected chi connectivity index (χ0v) is 22.8. The number of esters is 1. The summed E-state index contributed by atoms with van der Waals surface area (Å²) in [6.45, 7) is 6.66. The minimum Gasteiger partial charge on any atom is -0.465 e. The Morgan fingerprint density at radius 1 is 1.05 bits per heavy atom. The molecule has 10 heteroatoms. The molecule has 2 amide bonds. The summed E-state index contributed by atoms with van der Waals surface area (Å²) in [6.07, 6.45) is 0. The third-order valence-electron chi connectivity index (χ3n) is 6.64. The molecule has 2 aromatic carbocycles.